The van der Waals surface area contributed by atoms with Crippen molar-refractivity contribution in [3.05, 3.63) is 36.7 Å². The smallest absolute Gasteiger partial charge is 0.0423 e. The van der Waals surface area contributed by atoms with Crippen LogP contribution in [-0.2, 0) is 0 Å². The number of fused-ring (bicyclic) bond motifs is 1. The van der Waals surface area contributed by atoms with E-state index < -0.39 is 0 Å². The summed E-state index contributed by atoms with van der Waals surface area (Å²) in [6.07, 6.45) is 6.21. The van der Waals surface area contributed by atoms with E-state index >= 15 is 0 Å². The predicted molar refractivity (Wildman–Crippen MR) is 80.5 cm³/mol. The molecule has 1 aromatic heterocycles. The molecule has 0 bridgehead atoms. The fourth-order valence-electron chi connectivity index (χ4n) is 2.89. The van der Waals surface area contributed by atoms with Crippen molar-refractivity contribution in [1.29, 1.82) is 0 Å². The number of benzene rings is 1. The van der Waals surface area contributed by atoms with Gasteiger partial charge in [-0.2, -0.15) is 0 Å². The van der Waals surface area contributed by atoms with Gasteiger partial charge in [-0.3, -0.25) is 4.98 Å². The average molecular weight is 255 g/mol. The van der Waals surface area contributed by atoms with Crippen LogP contribution in [0, 0.1) is 0 Å². The van der Waals surface area contributed by atoms with Crippen molar-refractivity contribution in [2.75, 3.05) is 18.9 Å². The third kappa shape index (κ3) is 2.56. The van der Waals surface area contributed by atoms with Gasteiger partial charge in [-0.25, -0.2) is 0 Å². The van der Waals surface area contributed by atoms with Crippen LogP contribution in [0.1, 0.15) is 19.8 Å². The summed E-state index contributed by atoms with van der Waals surface area (Å²) in [6.45, 7) is 3.48. The Balaban J connectivity index is 1.82. The van der Waals surface area contributed by atoms with Gasteiger partial charge in [-0.05, 0) is 38.9 Å². The summed E-state index contributed by atoms with van der Waals surface area (Å²) in [6, 6.07) is 9.71. The Hall–Kier alpha value is -1.61. The molecule has 0 radical (unpaired) electrons. The Morgan fingerprint density at radius 2 is 2.21 bits per heavy atom. The highest BCUT2D eigenvalue weighted by Crippen LogP contribution is 2.26. The molecule has 1 saturated heterocycles. The summed E-state index contributed by atoms with van der Waals surface area (Å²) >= 11 is 0. The summed E-state index contributed by atoms with van der Waals surface area (Å²) in [5.41, 5.74) is 1.24. The van der Waals surface area contributed by atoms with E-state index in [1.165, 1.54) is 35.8 Å². The number of nitrogens with one attached hydrogen (secondary N) is 1. The van der Waals surface area contributed by atoms with Crippen LogP contribution in [0.2, 0.25) is 0 Å². The summed E-state index contributed by atoms with van der Waals surface area (Å²) < 4.78 is 0. The first-order valence-electron chi connectivity index (χ1n) is 7.03. The van der Waals surface area contributed by atoms with Crippen LogP contribution < -0.4 is 5.32 Å². The molecular weight excluding hydrogens is 234 g/mol. The zero-order valence-corrected chi connectivity index (χ0v) is 11.6. The third-order valence-corrected chi connectivity index (χ3v) is 4.25. The number of hydrogen-bond acceptors (Lipinski definition) is 3. The zero-order valence-electron chi connectivity index (χ0n) is 11.6. The molecule has 3 nitrogen and oxygen atoms in total. The largest absolute Gasteiger partial charge is 0.382 e. The molecule has 3 heteroatoms. The van der Waals surface area contributed by atoms with E-state index in [4.69, 9.17) is 0 Å². The predicted octanol–water partition coefficient (Wildman–Crippen LogP) is 3.13. The van der Waals surface area contributed by atoms with Gasteiger partial charge in [0.1, 0.15) is 0 Å². The summed E-state index contributed by atoms with van der Waals surface area (Å²) in [4.78, 5) is 6.62. The molecule has 19 heavy (non-hydrogen) atoms. The van der Waals surface area contributed by atoms with Crippen molar-refractivity contribution in [2.24, 2.45) is 0 Å². The summed E-state index contributed by atoms with van der Waals surface area (Å²) in [7, 11) is 2.21. The van der Waals surface area contributed by atoms with Crippen LogP contribution in [-0.4, -0.2) is 35.6 Å². The van der Waals surface area contributed by atoms with E-state index in [9.17, 15) is 0 Å². The molecule has 1 aliphatic heterocycles. The maximum Gasteiger partial charge on any atom is 0.0423 e. The molecule has 0 spiro atoms. The lowest BCUT2D eigenvalue weighted by atomic mass is 9.98. The highest BCUT2D eigenvalue weighted by atomic mass is 15.1. The maximum absolute atomic E-state index is 4.19. The molecule has 2 atom stereocenters. The molecule has 0 aliphatic carbocycles. The van der Waals surface area contributed by atoms with Gasteiger partial charge in [0.2, 0.25) is 0 Å². The van der Waals surface area contributed by atoms with Gasteiger partial charge in [-0.1, -0.05) is 12.1 Å². The molecule has 0 amide bonds. The van der Waals surface area contributed by atoms with Gasteiger partial charge >= 0.3 is 0 Å². The number of likely N-dealkylation sites (tertiary alicyclic amines) is 1. The lowest BCUT2D eigenvalue weighted by Gasteiger charge is -2.36. The molecule has 2 aromatic rings. The van der Waals surface area contributed by atoms with E-state index in [1.54, 1.807) is 0 Å². The Labute approximate surface area is 114 Å². The first-order chi connectivity index (χ1) is 9.24. The van der Waals surface area contributed by atoms with E-state index in [-0.39, 0.29) is 0 Å². The van der Waals surface area contributed by atoms with Crippen LogP contribution >= 0.6 is 0 Å². The van der Waals surface area contributed by atoms with Gasteiger partial charge in [0.25, 0.3) is 0 Å². The van der Waals surface area contributed by atoms with Crippen molar-refractivity contribution >= 4 is 16.5 Å². The van der Waals surface area contributed by atoms with Crippen LogP contribution in [0.15, 0.2) is 36.7 Å². The van der Waals surface area contributed by atoms with Crippen molar-refractivity contribution in [3.8, 4) is 0 Å². The normalized spacial score (nSPS) is 24.5. The summed E-state index contributed by atoms with van der Waals surface area (Å²) in [5, 5.41) is 6.19. The molecule has 3 rings (SSSR count). The van der Waals surface area contributed by atoms with E-state index in [1.807, 2.05) is 12.4 Å². The number of aromatic nitrogens is 1. The number of hydrogen-bond donors (Lipinski definition) is 1. The monoisotopic (exact) mass is 255 g/mol. The lowest BCUT2D eigenvalue weighted by molar-refractivity contribution is 0.190. The highest BCUT2D eigenvalue weighted by molar-refractivity contribution is 5.93. The Bertz CT molecular complexity index is 561. The molecule has 1 N–H and O–H groups in total. The van der Waals surface area contributed by atoms with Gasteiger partial charge in [0, 0.05) is 47.5 Å². The van der Waals surface area contributed by atoms with Crippen molar-refractivity contribution in [1.82, 2.24) is 9.88 Å². The highest BCUT2D eigenvalue weighted by Gasteiger charge is 2.22. The van der Waals surface area contributed by atoms with Crippen molar-refractivity contribution in [2.45, 2.75) is 31.8 Å². The minimum absolute atomic E-state index is 0.574. The van der Waals surface area contributed by atoms with Gasteiger partial charge in [-0.15, -0.1) is 0 Å². The standard InChI is InChI=1S/C16H21N3/c1-12-10-14(7-9-19(12)2)18-16-5-3-4-13-11-17-8-6-15(13)16/h3-6,8,11-12,14,18H,7,9-10H2,1-2H3. The Kier molecular flexibility index (Phi) is 3.38. The van der Waals surface area contributed by atoms with Crippen molar-refractivity contribution in [3.63, 3.8) is 0 Å². The van der Waals surface area contributed by atoms with Crippen LogP contribution in [0.25, 0.3) is 10.8 Å². The first-order valence-corrected chi connectivity index (χ1v) is 7.03. The second-order valence-corrected chi connectivity index (χ2v) is 5.60. The van der Waals surface area contributed by atoms with E-state index in [0.717, 1.165) is 0 Å². The molecule has 100 valence electrons. The van der Waals surface area contributed by atoms with Gasteiger partial charge in [0.05, 0.1) is 0 Å². The molecule has 1 aliphatic rings. The van der Waals surface area contributed by atoms with Gasteiger partial charge < -0.3 is 10.2 Å². The lowest BCUT2D eigenvalue weighted by Crippen LogP contribution is -2.42. The number of piperidine rings is 1. The topological polar surface area (TPSA) is 28.2 Å². The van der Waals surface area contributed by atoms with Crippen molar-refractivity contribution < 1.29 is 0 Å². The second kappa shape index (κ2) is 5.17. The molecule has 2 unspecified atom stereocenters. The second-order valence-electron chi connectivity index (χ2n) is 5.60. The molecule has 0 saturated carbocycles. The number of nitrogens with zero attached hydrogens (tertiary/aromatic N) is 2. The molecule has 2 heterocycles. The van der Waals surface area contributed by atoms with E-state index in [2.05, 4.69) is 53.4 Å². The Morgan fingerprint density at radius 3 is 3.05 bits per heavy atom. The third-order valence-electron chi connectivity index (χ3n) is 4.25. The zero-order chi connectivity index (χ0) is 13.2. The van der Waals surface area contributed by atoms with Gasteiger partial charge in [0.15, 0.2) is 0 Å². The minimum atomic E-state index is 0.574. The van der Waals surface area contributed by atoms with Crippen LogP contribution in [0.5, 0.6) is 0 Å². The number of pyridine rings is 1. The molecular formula is C16H21N3. The number of anilines is 1. The van der Waals surface area contributed by atoms with Crippen LogP contribution in [0.4, 0.5) is 5.69 Å². The molecule has 1 fully saturated rings. The maximum atomic E-state index is 4.19. The van der Waals surface area contributed by atoms with Crippen LogP contribution in [0.3, 0.4) is 0 Å². The fraction of sp³-hybridized carbons (Fsp3) is 0.438. The first kappa shape index (κ1) is 12.4. The Morgan fingerprint density at radius 1 is 1.32 bits per heavy atom. The average Bonchev–Trinajstić information content (AvgIpc) is 2.43. The number of rotatable bonds is 2. The summed E-state index contributed by atoms with van der Waals surface area (Å²) in [5.74, 6) is 0. The SMILES string of the molecule is CC1CC(Nc2cccc3cnccc23)CCN1C. The minimum Gasteiger partial charge on any atom is -0.382 e. The quantitative estimate of drug-likeness (QED) is 0.893. The fourth-order valence-corrected chi connectivity index (χ4v) is 2.89. The van der Waals surface area contributed by atoms with E-state index in [0.29, 0.717) is 12.1 Å². The molecule has 1 aromatic carbocycles.